The van der Waals surface area contributed by atoms with Crippen molar-refractivity contribution < 1.29 is 4.79 Å². The predicted molar refractivity (Wildman–Crippen MR) is 65.2 cm³/mol. The van der Waals surface area contributed by atoms with Crippen molar-refractivity contribution in [1.29, 1.82) is 5.26 Å². The van der Waals surface area contributed by atoms with Crippen molar-refractivity contribution >= 4 is 11.6 Å². The summed E-state index contributed by atoms with van der Waals surface area (Å²) in [6.45, 7) is 3.59. The molecule has 17 heavy (non-hydrogen) atoms. The molecule has 2 N–H and O–H groups in total. The fourth-order valence-electron chi connectivity index (χ4n) is 1.42. The number of rotatable bonds is 3. The standard InChI is InChI=1S/C12H16N4O/c1-8(4-5-13)16(3)12(17)11-6-10(14)7-15-9(11)2/h6-8H,4,14H2,1-3H3. The maximum Gasteiger partial charge on any atom is 0.255 e. The van der Waals surface area contributed by atoms with Crippen LogP contribution in [0, 0.1) is 18.3 Å². The summed E-state index contributed by atoms with van der Waals surface area (Å²) in [7, 11) is 1.67. The summed E-state index contributed by atoms with van der Waals surface area (Å²) in [6, 6.07) is 3.53. The quantitative estimate of drug-likeness (QED) is 0.852. The van der Waals surface area contributed by atoms with Crippen LogP contribution < -0.4 is 5.73 Å². The van der Waals surface area contributed by atoms with Crippen LogP contribution in [0.2, 0.25) is 0 Å². The molecule has 1 aromatic heterocycles. The van der Waals surface area contributed by atoms with Gasteiger partial charge in [0.2, 0.25) is 0 Å². The van der Waals surface area contributed by atoms with Crippen molar-refractivity contribution in [3.05, 3.63) is 23.5 Å². The number of nitrogens with zero attached hydrogens (tertiary/aromatic N) is 3. The molecule has 5 heteroatoms. The van der Waals surface area contributed by atoms with Gasteiger partial charge in [-0.25, -0.2) is 0 Å². The molecular formula is C12H16N4O. The molecular weight excluding hydrogens is 216 g/mol. The first kappa shape index (κ1) is 13.0. The van der Waals surface area contributed by atoms with Crippen molar-refractivity contribution in [2.75, 3.05) is 12.8 Å². The van der Waals surface area contributed by atoms with Crippen LogP contribution in [0.1, 0.15) is 29.4 Å². The van der Waals surface area contributed by atoms with E-state index < -0.39 is 0 Å². The van der Waals surface area contributed by atoms with E-state index in [0.717, 1.165) is 0 Å². The minimum atomic E-state index is -0.162. The van der Waals surface area contributed by atoms with Crippen LogP contribution in [0.4, 0.5) is 5.69 Å². The van der Waals surface area contributed by atoms with E-state index in [9.17, 15) is 4.79 Å². The fourth-order valence-corrected chi connectivity index (χ4v) is 1.42. The van der Waals surface area contributed by atoms with Gasteiger partial charge >= 0.3 is 0 Å². The zero-order valence-electron chi connectivity index (χ0n) is 10.3. The van der Waals surface area contributed by atoms with Crippen LogP contribution in [0.5, 0.6) is 0 Å². The molecule has 1 heterocycles. The molecule has 0 fully saturated rings. The Morgan fingerprint density at radius 2 is 2.35 bits per heavy atom. The zero-order chi connectivity index (χ0) is 13.0. The minimum absolute atomic E-state index is 0.131. The zero-order valence-corrected chi connectivity index (χ0v) is 10.3. The maximum absolute atomic E-state index is 12.2. The number of carbonyl (C=O) groups excluding carboxylic acids is 1. The van der Waals surface area contributed by atoms with E-state index in [1.54, 1.807) is 20.0 Å². The van der Waals surface area contributed by atoms with Crippen LogP contribution in [-0.4, -0.2) is 28.9 Å². The summed E-state index contributed by atoms with van der Waals surface area (Å²) in [5, 5.41) is 8.62. The first-order valence-electron chi connectivity index (χ1n) is 5.33. The molecule has 1 aromatic rings. The molecule has 1 unspecified atom stereocenters. The largest absolute Gasteiger partial charge is 0.397 e. The topological polar surface area (TPSA) is 83.0 Å². The van der Waals surface area contributed by atoms with Crippen LogP contribution in [-0.2, 0) is 0 Å². The van der Waals surface area contributed by atoms with Crippen LogP contribution in [0.3, 0.4) is 0 Å². The number of carbonyl (C=O) groups is 1. The van der Waals surface area contributed by atoms with Gasteiger partial charge in [0.1, 0.15) is 0 Å². The van der Waals surface area contributed by atoms with Crippen molar-refractivity contribution in [1.82, 2.24) is 9.88 Å². The van der Waals surface area contributed by atoms with Crippen molar-refractivity contribution in [2.45, 2.75) is 26.3 Å². The average molecular weight is 232 g/mol. The van der Waals surface area contributed by atoms with E-state index in [1.165, 1.54) is 11.1 Å². The highest BCUT2D eigenvalue weighted by atomic mass is 16.2. The molecule has 0 aromatic carbocycles. The number of hydrogen-bond donors (Lipinski definition) is 1. The van der Waals surface area contributed by atoms with E-state index in [-0.39, 0.29) is 11.9 Å². The average Bonchev–Trinajstić information content (AvgIpc) is 2.30. The van der Waals surface area contributed by atoms with E-state index in [0.29, 0.717) is 23.4 Å². The first-order valence-corrected chi connectivity index (χ1v) is 5.33. The lowest BCUT2D eigenvalue weighted by Gasteiger charge is -2.23. The summed E-state index contributed by atoms with van der Waals surface area (Å²) in [6.07, 6.45) is 1.82. The third-order valence-electron chi connectivity index (χ3n) is 2.71. The molecule has 5 nitrogen and oxygen atoms in total. The van der Waals surface area contributed by atoms with E-state index in [4.69, 9.17) is 11.0 Å². The SMILES string of the molecule is Cc1ncc(N)cc1C(=O)N(C)C(C)CC#N. The number of nitrogens with two attached hydrogens (primary N) is 1. The van der Waals surface area contributed by atoms with Gasteiger partial charge in [-0.2, -0.15) is 5.26 Å². The summed E-state index contributed by atoms with van der Waals surface area (Å²) in [4.78, 5) is 17.7. The summed E-state index contributed by atoms with van der Waals surface area (Å²) in [5.41, 5.74) is 7.20. The van der Waals surface area contributed by atoms with Crippen LogP contribution in [0.25, 0.3) is 0 Å². The lowest BCUT2D eigenvalue weighted by atomic mass is 10.1. The monoisotopic (exact) mass is 232 g/mol. The molecule has 0 spiro atoms. The predicted octanol–water partition coefficient (Wildman–Crippen LogP) is 1.35. The minimum Gasteiger partial charge on any atom is -0.397 e. The van der Waals surface area contributed by atoms with Crippen molar-refractivity contribution in [3.8, 4) is 6.07 Å². The maximum atomic E-state index is 12.2. The number of aryl methyl sites for hydroxylation is 1. The van der Waals surface area contributed by atoms with Gasteiger partial charge in [-0.3, -0.25) is 9.78 Å². The van der Waals surface area contributed by atoms with Gasteiger partial charge in [0.15, 0.2) is 0 Å². The molecule has 90 valence electrons. The molecule has 1 atom stereocenters. The number of nitrogen functional groups attached to an aromatic ring is 1. The Hall–Kier alpha value is -2.09. The molecule has 0 saturated heterocycles. The smallest absolute Gasteiger partial charge is 0.255 e. The normalized spacial score (nSPS) is 11.6. The van der Waals surface area contributed by atoms with Gasteiger partial charge in [0, 0.05) is 13.1 Å². The van der Waals surface area contributed by atoms with Crippen molar-refractivity contribution in [3.63, 3.8) is 0 Å². The molecule has 0 aliphatic carbocycles. The van der Waals surface area contributed by atoms with Gasteiger partial charge in [0.25, 0.3) is 5.91 Å². The number of hydrogen-bond acceptors (Lipinski definition) is 4. The number of pyridine rings is 1. The Morgan fingerprint density at radius 3 is 2.94 bits per heavy atom. The second kappa shape index (κ2) is 5.30. The van der Waals surface area contributed by atoms with Gasteiger partial charge in [0.05, 0.1) is 35.6 Å². The third kappa shape index (κ3) is 2.94. The molecule has 0 saturated carbocycles. The van der Waals surface area contributed by atoms with E-state index in [1.807, 2.05) is 13.0 Å². The third-order valence-corrected chi connectivity index (χ3v) is 2.71. The Morgan fingerprint density at radius 1 is 1.71 bits per heavy atom. The lowest BCUT2D eigenvalue weighted by Crippen LogP contribution is -2.35. The Bertz CT molecular complexity index is 464. The molecule has 1 amide bonds. The highest BCUT2D eigenvalue weighted by molar-refractivity contribution is 5.96. The Kier molecular flexibility index (Phi) is 4.05. The summed E-state index contributed by atoms with van der Waals surface area (Å²) >= 11 is 0. The number of aromatic nitrogens is 1. The number of anilines is 1. The summed E-state index contributed by atoms with van der Waals surface area (Å²) in [5.74, 6) is -0.162. The molecule has 1 rings (SSSR count). The fraction of sp³-hybridized carbons (Fsp3) is 0.417. The molecule has 0 aliphatic rings. The molecule has 0 bridgehead atoms. The van der Waals surface area contributed by atoms with E-state index in [2.05, 4.69) is 4.98 Å². The lowest BCUT2D eigenvalue weighted by molar-refractivity contribution is 0.0745. The van der Waals surface area contributed by atoms with Gasteiger partial charge < -0.3 is 10.6 Å². The first-order chi connectivity index (χ1) is 7.97. The summed E-state index contributed by atoms with van der Waals surface area (Å²) < 4.78 is 0. The highest BCUT2D eigenvalue weighted by Gasteiger charge is 2.19. The van der Waals surface area contributed by atoms with Gasteiger partial charge in [-0.1, -0.05) is 0 Å². The Balaban J connectivity index is 2.96. The van der Waals surface area contributed by atoms with Crippen molar-refractivity contribution in [2.24, 2.45) is 0 Å². The highest BCUT2D eigenvalue weighted by Crippen LogP contribution is 2.14. The van der Waals surface area contributed by atoms with Gasteiger partial charge in [-0.05, 0) is 19.9 Å². The number of amides is 1. The Labute approximate surface area is 101 Å². The van der Waals surface area contributed by atoms with Gasteiger partial charge in [-0.15, -0.1) is 0 Å². The van der Waals surface area contributed by atoms with Crippen LogP contribution in [0.15, 0.2) is 12.3 Å². The number of nitriles is 1. The van der Waals surface area contributed by atoms with Crippen LogP contribution >= 0.6 is 0 Å². The molecule has 0 aliphatic heterocycles. The van der Waals surface area contributed by atoms with E-state index >= 15 is 0 Å². The second-order valence-electron chi connectivity index (χ2n) is 4.03. The second-order valence-corrected chi connectivity index (χ2v) is 4.03. The molecule has 0 radical (unpaired) electrons.